The molecule has 0 aromatic heterocycles. The second-order valence-corrected chi connectivity index (χ2v) is 6.54. The lowest BCUT2D eigenvalue weighted by atomic mass is 9.67. The molecule has 24 heavy (non-hydrogen) atoms. The largest absolute Gasteiger partial charge is 0.385 e. The van der Waals surface area contributed by atoms with E-state index in [4.69, 9.17) is 9.47 Å². The van der Waals surface area contributed by atoms with Crippen LogP contribution in [0.5, 0.6) is 0 Å². The summed E-state index contributed by atoms with van der Waals surface area (Å²) in [6, 6.07) is 10.2. The van der Waals surface area contributed by atoms with Gasteiger partial charge in [-0.3, -0.25) is 4.99 Å². The molecular formula is C19H31N3O2. The Labute approximate surface area is 145 Å². The van der Waals surface area contributed by atoms with Crippen LogP contribution in [0.4, 0.5) is 0 Å². The molecular weight excluding hydrogens is 302 g/mol. The highest BCUT2D eigenvalue weighted by Gasteiger charge is 2.36. The van der Waals surface area contributed by atoms with Crippen LogP contribution in [-0.2, 0) is 9.47 Å². The van der Waals surface area contributed by atoms with Gasteiger partial charge in [0.25, 0.3) is 0 Å². The Hall–Kier alpha value is -1.59. The Morgan fingerprint density at radius 2 is 1.96 bits per heavy atom. The van der Waals surface area contributed by atoms with Crippen LogP contribution in [-0.4, -0.2) is 46.9 Å². The van der Waals surface area contributed by atoms with E-state index in [0.29, 0.717) is 12.0 Å². The van der Waals surface area contributed by atoms with Crippen molar-refractivity contribution in [1.82, 2.24) is 10.6 Å². The number of guanidine groups is 1. The topological polar surface area (TPSA) is 54.9 Å². The molecule has 1 saturated carbocycles. The van der Waals surface area contributed by atoms with Crippen molar-refractivity contribution in [2.24, 2.45) is 10.4 Å². The van der Waals surface area contributed by atoms with E-state index in [1.807, 2.05) is 25.2 Å². The van der Waals surface area contributed by atoms with Crippen LogP contribution in [0, 0.1) is 5.41 Å². The van der Waals surface area contributed by atoms with Crippen LogP contribution in [0.15, 0.2) is 35.3 Å². The summed E-state index contributed by atoms with van der Waals surface area (Å²) in [6.45, 7) is 2.46. The molecule has 5 nitrogen and oxygen atoms in total. The molecule has 2 rings (SSSR count). The number of nitrogens with zero attached hydrogens (tertiary/aromatic N) is 1. The van der Waals surface area contributed by atoms with Gasteiger partial charge < -0.3 is 20.1 Å². The van der Waals surface area contributed by atoms with E-state index in [9.17, 15) is 0 Å². The van der Waals surface area contributed by atoms with E-state index in [1.165, 1.54) is 24.8 Å². The number of rotatable bonds is 9. The van der Waals surface area contributed by atoms with Gasteiger partial charge in [0.2, 0.25) is 0 Å². The average Bonchev–Trinajstić information content (AvgIpc) is 2.60. The molecule has 0 heterocycles. The van der Waals surface area contributed by atoms with Crippen molar-refractivity contribution in [2.75, 3.05) is 41.0 Å². The van der Waals surface area contributed by atoms with Crippen molar-refractivity contribution in [2.45, 2.75) is 31.8 Å². The fourth-order valence-electron chi connectivity index (χ4n) is 3.20. The molecule has 1 atom stereocenters. The Balaban J connectivity index is 1.81. The zero-order chi connectivity index (χ0) is 17.3. The maximum absolute atomic E-state index is 5.60. The van der Waals surface area contributed by atoms with Crippen LogP contribution < -0.4 is 10.6 Å². The summed E-state index contributed by atoms with van der Waals surface area (Å²) in [5.74, 6) is 0.830. The van der Waals surface area contributed by atoms with Gasteiger partial charge >= 0.3 is 0 Å². The van der Waals surface area contributed by atoms with Crippen molar-refractivity contribution in [1.29, 1.82) is 0 Å². The quantitative estimate of drug-likeness (QED) is 0.539. The molecule has 0 radical (unpaired) electrons. The van der Waals surface area contributed by atoms with Gasteiger partial charge in [0.15, 0.2) is 5.96 Å². The minimum atomic E-state index is 0.0101. The monoisotopic (exact) mass is 333 g/mol. The predicted molar refractivity (Wildman–Crippen MR) is 98.3 cm³/mol. The van der Waals surface area contributed by atoms with Crippen LogP contribution in [0.2, 0.25) is 0 Å². The fourth-order valence-corrected chi connectivity index (χ4v) is 3.20. The Morgan fingerprint density at radius 1 is 1.21 bits per heavy atom. The second kappa shape index (κ2) is 9.64. The van der Waals surface area contributed by atoms with Gasteiger partial charge in [0, 0.05) is 41.0 Å². The highest BCUT2D eigenvalue weighted by atomic mass is 16.5. The SMILES string of the molecule is CN=C(NCC(OC)c1ccccc1)NCC1(CCOC)CCC1. The first kappa shape index (κ1) is 18.7. The number of hydrogen-bond donors (Lipinski definition) is 2. The Bertz CT molecular complexity index is 501. The first-order chi connectivity index (χ1) is 11.7. The summed E-state index contributed by atoms with van der Waals surface area (Å²) in [6.07, 6.45) is 4.97. The first-order valence-corrected chi connectivity index (χ1v) is 8.74. The summed E-state index contributed by atoms with van der Waals surface area (Å²) < 4.78 is 10.9. The molecule has 1 aromatic rings. The van der Waals surface area contributed by atoms with E-state index < -0.39 is 0 Å². The Kier molecular flexibility index (Phi) is 7.53. The highest BCUT2D eigenvalue weighted by molar-refractivity contribution is 5.79. The molecule has 0 bridgehead atoms. The van der Waals surface area contributed by atoms with Gasteiger partial charge in [-0.15, -0.1) is 0 Å². The van der Waals surface area contributed by atoms with Gasteiger partial charge in [0.1, 0.15) is 0 Å². The third-order valence-electron chi connectivity index (χ3n) is 5.02. The van der Waals surface area contributed by atoms with Gasteiger partial charge in [-0.05, 0) is 30.2 Å². The van der Waals surface area contributed by atoms with Gasteiger partial charge in [-0.2, -0.15) is 0 Å². The van der Waals surface area contributed by atoms with E-state index in [-0.39, 0.29) is 6.10 Å². The number of hydrogen-bond acceptors (Lipinski definition) is 3. The molecule has 2 N–H and O–H groups in total. The zero-order valence-electron chi connectivity index (χ0n) is 15.2. The molecule has 1 aromatic carbocycles. The normalized spacial score (nSPS) is 17.9. The molecule has 1 unspecified atom stereocenters. The molecule has 134 valence electrons. The third kappa shape index (κ3) is 5.21. The summed E-state index contributed by atoms with van der Waals surface area (Å²) >= 11 is 0. The summed E-state index contributed by atoms with van der Waals surface area (Å²) in [5, 5.41) is 6.86. The summed E-state index contributed by atoms with van der Waals surface area (Å²) in [4.78, 5) is 4.34. The second-order valence-electron chi connectivity index (χ2n) is 6.54. The van der Waals surface area contributed by atoms with Crippen LogP contribution in [0.1, 0.15) is 37.4 Å². The van der Waals surface area contributed by atoms with E-state index >= 15 is 0 Å². The van der Waals surface area contributed by atoms with Gasteiger partial charge in [-0.25, -0.2) is 0 Å². The molecule has 0 spiro atoms. The average molecular weight is 333 g/mol. The number of aliphatic imine (C=N–C) groups is 1. The van der Waals surface area contributed by atoms with Crippen LogP contribution in [0.3, 0.4) is 0 Å². The highest BCUT2D eigenvalue weighted by Crippen LogP contribution is 2.43. The molecule has 0 saturated heterocycles. The minimum absolute atomic E-state index is 0.0101. The maximum Gasteiger partial charge on any atom is 0.191 e. The van der Waals surface area contributed by atoms with Crippen molar-refractivity contribution in [3.63, 3.8) is 0 Å². The number of ether oxygens (including phenoxy) is 2. The first-order valence-electron chi connectivity index (χ1n) is 8.74. The molecule has 0 aliphatic heterocycles. The molecule has 1 aliphatic carbocycles. The van der Waals surface area contributed by atoms with Crippen molar-refractivity contribution in [3.05, 3.63) is 35.9 Å². The minimum Gasteiger partial charge on any atom is -0.385 e. The molecule has 1 fully saturated rings. The van der Waals surface area contributed by atoms with E-state index in [2.05, 4.69) is 27.8 Å². The summed E-state index contributed by atoms with van der Waals surface area (Å²) in [7, 11) is 5.32. The van der Waals surface area contributed by atoms with E-state index in [0.717, 1.165) is 25.5 Å². The summed E-state index contributed by atoms with van der Waals surface area (Å²) in [5.41, 5.74) is 1.53. The van der Waals surface area contributed by atoms with E-state index in [1.54, 1.807) is 14.2 Å². The van der Waals surface area contributed by atoms with Crippen LogP contribution in [0.25, 0.3) is 0 Å². The molecule has 1 aliphatic rings. The van der Waals surface area contributed by atoms with Crippen LogP contribution >= 0.6 is 0 Å². The van der Waals surface area contributed by atoms with Gasteiger partial charge in [0.05, 0.1) is 6.10 Å². The molecule has 5 heteroatoms. The number of methoxy groups -OCH3 is 2. The number of nitrogens with one attached hydrogen (secondary N) is 2. The lowest BCUT2D eigenvalue weighted by Crippen LogP contribution is -2.47. The van der Waals surface area contributed by atoms with Crippen molar-refractivity contribution < 1.29 is 9.47 Å². The lowest BCUT2D eigenvalue weighted by molar-refractivity contribution is 0.0730. The standard InChI is InChI=1S/C19H31N3O2/c1-20-18(22-15-19(10-7-11-19)12-13-23-2)21-14-17(24-3)16-8-5-4-6-9-16/h4-6,8-9,17H,7,10-15H2,1-3H3,(H2,20,21,22). The van der Waals surface area contributed by atoms with Gasteiger partial charge in [-0.1, -0.05) is 36.8 Å². The molecule has 0 amide bonds. The van der Waals surface area contributed by atoms with Crippen molar-refractivity contribution in [3.8, 4) is 0 Å². The lowest BCUT2D eigenvalue weighted by Gasteiger charge is -2.42. The smallest absolute Gasteiger partial charge is 0.191 e. The third-order valence-corrected chi connectivity index (χ3v) is 5.02. The zero-order valence-corrected chi connectivity index (χ0v) is 15.2. The maximum atomic E-state index is 5.60. The van der Waals surface area contributed by atoms with Crippen molar-refractivity contribution >= 4 is 5.96 Å². The Morgan fingerprint density at radius 3 is 2.50 bits per heavy atom. The fraction of sp³-hybridized carbons (Fsp3) is 0.632. The number of benzene rings is 1. The predicted octanol–water partition coefficient (Wildman–Crippen LogP) is 2.75.